The van der Waals surface area contributed by atoms with Crippen LogP contribution in [0.1, 0.15) is 53.2 Å². The Morgan fingerprint density at radius 1 is 0.654 bits per heavy atom. The molecule has 0 bridgehead atoms. The van der Waals surface area contributed by atoms with Gasteiger partial charge in [0.2, 0.25) is 0 Å². The van der Waals surface area contributed by atoms with Crippen LogP contribution < -0.4 is 0 Å². The Labute approximate surface area is 155 Å². The lowest BCUT2D eigenvalue weighted by Crippen LogP contribution is -2.24. The van der Waals surface area contributed by atoms with Crippen molar-refractivity contribution in [1.82, 2.24) is 19.9 Å². The van der Waals surface area contributed by atoms with Gasteiger partial charge in [0.05, 0.1) is 5.69 Å². The van der Waals surface area contributed by atoms with Crippen LogP contribution in [0.3, 0.4) is 0 Å². The Bertz CT molecular complexity index is 871. The van der Waals surface area contributed by atoms with Gasteiger partial charge in [0.25, 0.3) is 0 Å². The maximum atomic E-state index is 4.78. The van der Waals surface area contributed by atoms with Crippen molar-refractivity contribution in [3.63, 3.8) is 0 Å². The van der Waals surface area contributed by atoms with Gasteiger partial charge in [0.1, 0.15) is 11.6 Å². The summed E-state index contributed by atoms with van der Waals surface area (Å²) < 4.78 is 0. The van der Waals surface area contributed by atoms with Crippen LogP contribution in [0, 0.1) is 0 Å². The number of hydrogen-bond donors (Lipinski definition) is 0. The first-order chi connectivity index (χ1) is 12.1. The van der Waals surface area contributed by atoms with Crippen LogP contribution >= 0.6 is 0 Å². The third kappa shape index (κ3) is 3.96. The highest BCUT2D eigenvalue weighted by molar-refractivity contribution is 5.67. The van der Waals surface area contributed by atoms with Crippen molar-refractivity contribution in [2.75, 3.05) is 0 Å². The maximum Gasteiger partial charge on any atom is 0.163 e. The van der Waals surface area contributed by atoms with Crippen LogP contribution in [-0.2, 0) is 10.8 Å². The van der Waals surface area contributed by atoms with E-state index >= 15 is 0 Å². The molecule has 0 aliphatic rings. The Morgan fingerprint density at radius 2 is 1.27 bits per heavy atom. The van der Waals surface area contributed by atoms with E-state index in [1.54, 1.807) is 6.20 Å². The Balaban J connectivity index is 2.15. The van der Waals surface area contributed by atoms with Crippen LogP contribution in [-0.4, -0.2) is 19.9 Å². The normalized spacial score (nSPS) is 12.2. The van der Waals surface area contributed by atoms with E-state index in [4.69, 9.17) is 15.0 Å². The predicted octanol–water partition coefficient (Wildman–Crippen LogP) is 5.20. The van der Waals surface area contributed by atoms with Gasteiger partial charge in [0.15, 0.2) is 5.82 Å². The smallest absolute Gasteiger partial charge is 0.163 e. The van der Waals surface area contributed by atoms with Crippen LogP contribution in [0.25, 0.3) is 22.6 Å². The summed E-state index contributed by atoms with van der Waals surface area (Å²) in [5.74, 6) is 2.35. The van der Waals surface area contributed by atoms with Crippen molar-refractivity contribution in [2.45, 2.75) is 52.4 Å². The monoisotopic (exact) mass is 346 g/mol. The van der Waals surface area contributed by atoms with Crippen LogP contribution in [0.4, 0.5) is 0 Å². The zero-order chi connectivity index (χ0) is 18.9. The van der Waals surface area contributed by atoms with Gasteiger partial charge in [0, 0.05) is 28.2 Å². The zero-order valence-corrected chi connectivity index (χ0v) is 16.4. The van der Waals surface area contributed by atoms with Crippen LogP contribution in [0.5, 0.6) is 0 Å². The molecule has 0 spiro atoms. The molecule has 2 aromatic heterocycles. The van der Waals surface area contributed by atoms with Gasteiger partial charge in [-0.25, -0.2) is 15.0 Å². The number of hydrogen-bond acceptors (Lipinski definition) is 4. The quantitative estimate of drug-likeness (QED) is 0.640. The third-order valence-electron chi connectivity index (χ3n) is 4.06. The number of aromatic nitrogens is 4. The molecule has 0 amide bonds. The van der Waals surface area contributed by atoms with Gasteiger partial charge in [-0.3, -0.25) is 4.98 Å². The van der Waals surface area contributed by atoms with Gasteiger partial charge in [-0.2, -0.15) is 0 Å². The number of nitrogens with zero attached hydrogens (tertiary/aromatic N) is 4. The van der Waals surface area contributed by atoms with E-state index in [2.05, 4.69) is 58.7 Å². The van der Waals surface area contributed by atoms with Crippen molar-refractivity contribution in [2.24, 2.45) is 0 Å². The summed E-state index contributed by atoms with van der Waals surface area (Å²) in [5, 5.41) is 0. The lowest BCUT2D eigenvalue weighted by molar-refractivity contribution is 0.497. The summed E-state index contributed by atoms with van der Waals surface area (Å²) >= 11 is 0. The summed E-state index contributed by atoms with van der Waals surface area (Å²) in [6.45, 7) is 12.8. The average molecular weight is 346 g/mol. The molecular weight excluding hydrogens is 320 g/mol. The molecule has 26 heavy (non-hydrogen) atoms. The highest BCUT2D eigenvalue weighted by atomic mass is 15.0. The second kappa shape index (κ2) is 6.60. The lowest BCUT2D eigenvalue weighted by atomic mass is 9.93. The molecular formula is C22H26N4. The SMILES string of the molecule is CC(C)(C)c1nc(-c2cccc(-c3ccccn3)c2)nc(C(C)(C)C)n1. The molecule has 1 aromatic carbocycles. The standard InChI is InChI=1S/C22H26N4/c1-21(2,3)19-24-18(25-20(26-19)22(4,5)6)16-11-9-10-15(14-16)17-12-7-8-13-23-17/h7-14H,1-6H3. The van der Waals surface area contributed by atoms with E-state index in [9.17, 15) is 0 Å². The first-order valence-corrected chi connectivity index (χ1v) is 8.93. The molecule has 0 aliphatic heterocycles. The first kappa shape index (κ1) is 18.2. The lowest BCUT2D eigenvalue weighted by Gasteiger charge is -2.22. The first-order valence-electron chi connectivity index (χ1n) is 8.93. The van der Waals surface area contributed by atoms with E-state index in [-0.39, 0.29) is 10.8 Å². The molecule has 0 fully saturated rings. The summed E-state index contributed by atoms with van der Waals surface area (Å²) in [4.78, 5) is 18.8. The maximum absolute atomic E-state index is 4.78. The van der Waals surface area contributed by atoms with Crippen molar-refractivity contribution < 1.29 is 0 Å². The molecule has 3 rings (SSSR count). The molecule has 0 saturated heterocycles. The molecule has 4 heteroatoms. The Morgan fingerprint density at radius 3 is 1.81 bits per heavy atom. The second-order valence-corrected chi connectivity index (χ2v) is 8.60. The summed E-state index contributed by atoms with van der Waals surface area (Å²) in [5.41, 5.74) is 2.69. The molecule has 3 aromatic rings. The second-order valence-electron chi connectivity index (χ2n) is 8.60. The fourth-order valence-corrected chi connectivity index (χ4v) is 2.53. The van der Waals surface area contributed by atoms with Gasteiger partial charge in [-0.05, 0) is 18.2 Å². The summed E-state index contributed by atoms with van der Waals surface area (Å²) in [6, 6.07) is 14.1. The van der Waals surface area contributed by atoms with E-state index in [0.717, 1.165) is 28.5 Å². The van der Waals surface area contributed by atoms with Gasteiger partial charge in [-0.1, -0.05) is 65.8 Å². The average Bonchev–Trinajstić information content (AvgIpc) is 2.61. The predicted molar refractivity (Wildman–Crippen MR) is 106 cm³/mol. The summed E-state index contributed by atoms with van der Waals surface area (Å²) in [6.07, 6.45) is 1.81. The number of benzene rings is 1. The minimum atomic E-state index is -0.143. The minimum absolute atomic E-state index is 0.143. The van der Waals surface area contributed by atoms with Crippen molar-refractivity contribution in [3.05, 3.63) is 60.3 Å². The van der Waals surface area contributed by atoms with Crippen LogP contribution in [0.2, 0.25) is 0 Å². The largest absolute Gasteiger partial charge is 0.256 e. The van der Waals surface area contributed by atoms with Crippen molar-refractivity contribution in [1.29, 1.82) is 0 Å². The number of pyridine rings is 1. The fraction of sp³-hybridized carbons (Fsp3) is 0.364. The highest BCUT2D eigenvalue weighted by Crippen LogP contribution is 2.28. The molecule has 0 unspecified atom stereocenters. The zero-order valence-electron chi connectivity index (χ0n) is 16.4. The molecule has 0 aliphatic carbocycles. The van der Waals surface area contributed by atoms with E-state index in [1.165, 1.54) is 0 Å². The van der Waals surface area contributed by atoms with Crippen molar-refractivity contribution in [3.8, 4) is 22.6 Å². The van der Waals surface area contributed by atoms with Gasteiger partial charge < -0.3 is 0 Å². The van der Waals surface area contributed by atoms with E-state index in [0.29, 0.717) is 5.82 Å². The fourth-order valence-electron chi connectivity index (χ4n) is 2.53. The molecule has 0 saturated carbocycles. The molecule has 0 N–H and O–H groups in total. The van der Waals surface area contributed by atoms with Gasteiger partial charge in [-0.15, -0.1) is 0 Å². The molecule has 4 nitrogen and oxygen atoms in total. The van der Waals surface area contributed by atoms with Crippen molar-refractivity contribution >= 4 is 0 Å². The molecule has 0 atom stereocenters. The molecule has 2 heterocycles. The van der Waals surface area contributed by atoms with E-state index < -0.39 is 0 Å². The van der Waals surface area contributed by atoms with E-state index in [1.807, 2.05) is 30.3 Å². The number of rotatable bonds is 2. The van der Waals surface area contributed by atoms with Crippen LogP contribution in [0.15, 0.2) is 48.7 Å². The topological polar surface area (TPSA) is 51.6 Å². The molecule has 134 valence electrons. The Kier molecular flexibility index (Phi) is 4.61. The highest BCUT2D eigenvalue weighted by Gasteiger charge is 2.25. The Hall–Kier alpha value is -2.62. The summed E-state index contributed by atoms with van der Waals surface area (Å²) in [7, 11) is 0. The minimum Gasteiger partial charge on any atom is -0.256 e. The molecule has 0 radical (unpaired) electrons. The third-order valence-corrected chi connectivity index (χ3v) is 4.06. The van der Waals surface area contributed by atoms with Gasteiger partial charge >= 0.3 is 0 Å².